The smallest absolute Gasteiger partial charge is 0.129 e. The molecule has 0 bridgehead atoms. The average Bonchev–Trinajstić information content (AvgIpc) is 2.73. The standard InChI is InChI=1S/C25H34N2O3/c1-17-8-5-9-19(23(17)28)20-10-6-12-22(26-20)27-14-13-18(16-30-25(2,3)4)24-21(27)11-7-15-29-24/h5-6,8-10,12,18,21,24,28H,7,11,13-16H2,1-4H3/t18-,21-,24+/m1/s1. The van der Waals surface area contributed by atoms with Crippen LogP contribution in [0.1, 0.15) is 45.6 Å². The van der Waals surface area contributed by atoms with Crippen molar-refractivity contribution in [3.8, 4) is 17.0 Å². The van der Waals surface area contributed by atoms with Crippen LogP contribution in [0.5, 0.6) is 5.75 Å². The van der Waals surface area contributed by atoms with E-state index in [4.69, 9.17) is 14.5 Å². The second-order valence-electron chi connectivity index (χ2n) is 9.56. The molecule has 0 radical (unpaired) electrons. The fourth-order valence-electron chi connectivity index (χ4n) is 4.62. The molecule has 162 valence electrons. The normalized spacial score (nSPS) is 24.5. The molecular formula is C25H34N2O3. The lowest BCUT2D eigenvalue weighted by atomic mass is 9.84. The molecule has 1 aromatic carbocycles. The number of phenols is 1. The summed E-state index contributed by atoms with van der Waals surface area (Å²) in [6.07, 6.45) is 3.38. The molecule has 0 amide bonds. The third kappa shape index (κ3) is 4.47. The second kappa shape index (κ2) is 8.56. The van der Waals surface area contributed by atoms with Gasteiger partial charge in [0.1, 0.15) is 11.6 Å². The maximum atomic E-state index is 10.5. The van der Waals surface area contributed by atoms with Crippen molar-refractivity contribution >= 4 is 5.82 Å². The SMILES string of the molecule is Cc1cccc(-c2cccc(N3CC[C@H](COC(C)(C)C)[C@@H]4OCCC[C@H]43)n2)c1O. The summed E-state index contributed by atoms with van der Waals surface area (Å²) in [6.45, 7) is 10.7. The first-order valence-electron chi connectivity index (χ1n) is 11.1. The number of pyridine rings is 1. The second-order valence-corrected chi connectivity index (χ2v) is 9.56. The van der Waals surface area contributed by atoms with Gasteiger partial charge in [-0.2, -0.15) is 0 Å². The number of benzene rings is 1. The Hall–Kier alpha value is -2.11. The van der Waals surface area contributed by atoms with Crippen LogP contribution in [0.2, 0.25) is 0 Å². The molecular weight excluding hydrogens is 376 g/mol. The monoisotopic (exact) mass is 410 g/mol. The summed E-state index contributed by atoms with van der Waals surface area (Å²) in [5.41, 5.74) is 2.31. The molecule has 2 aliphatic heterocycles. The quantitative estimate of drug-likeness (QED) is 0.773. The van der Waals surface area contributed by atoms with E-state index in [1.54, 1.807) is 0 Å². The molecule has 2 saturated heterocycles. The Morgan fingerprint density at radius 1 is 1.17 bits per heavy atom. The first-order chi connectivity index (χ1) is 14.3. The molecule has 30 heavy (non-hydrogen) atoms. The number of aromatic hydroxyl groups is 1. The summed E-state index contributed by atoms with van der Waals surface area (Å²) in [5.74, 6) is 1.68. The highest BCUT2D eigenvalue weighted by molar-refractivity contribution is 5.70. The van der Waals surface area contributed by atoms with E-state index in [1.807, 2.05) is 37.3 Å². The lowest BCUT2D eigenvalue weighted by Gasteiger charge is -2.48. The van der Waals surface area contributed by atoms with E-state index in [0.717, 1.165) is 61.7 Å². The molecule has 5 nitrogen and oxygen atoms in total. The zero-order valence-electron chi connectivity index (χ0n) is 18.6. The van der Waals surface area contributed by atoms with Crippen molar-refractivity contribution in [2.75, 3.05) is 24.7 Å². The molecule has 0 unspecified atom stereocenters. The van der Waals surface area contributed by atoms with Crippen molar-refractivity contribution < 1.29 is 14.6 Å². The van der Waals surface area contributed by atoms with Gasteiger partial charge in [-0.25, -0.2) is 4.98 Å². The van der Waals surface area contributed by atoms with Crippen molar-refractivity contribution in [3.63, 3.8) is 0 Å². The van der Waals surface area contributed by atoms with Gasteiger partial charge in [0, 0.05) is 24.6 Å². The van der Waals surface area contributed by atoms with Crippen molar-refractivity contribution in [1.29, 1.82) is 0 Å². The van der Waals surface area contributed by atoms with Crippen molar-refractivity contribution in [2.24, 2.45) is 5.92 Å². The van der Waals surface area contributed by atoms with Gasteiger partial charge < -0.3 is 19.5 Å². The number of aryl methyl sites for hydroxylation is 1. The van der Waals surface area contributed by atoms with Crippen molar-refractivity contribution in [1.82, 2.24) is 4.98 Å². The molecule has 2 aromatic rings. The fourth-order valence-corrected chi connectivity index (χ4v) is 4.62. The number of aromatic nitrogens is 1. The number of anilines is 1. The third-order valence-electron chi connectivity index (χ3n) is 6.21. The maximum Gasteiger partial charge on any atom is 0.129 e. The van der Waals surface area contributed by atoms with Crippen LogP contribution >= 0.6 is 0 Å². The number of hydrogen-bond donors (Lipinski definition) is 1. The van der Waals surface area contributed by atoms with Crippen LogP contribution < -0.4 is 4.90 Å². The molecule has 0 spiro atoms. The van der Waals surface area contributed by atoms with E-state index in [2.05, 4.69) is 31.7 Å². The van der Waals surface area contributed by atoms with E-state index in [1.165, 1.54) is 0 Å². The molecule has 2 aliphatic rings. The fraction of sp³-hybridized carbons (Fsp3) is 0.560. The highest BCUT2D eigenvalue weighted by Crippen LogP contribution is 2.37. The molecule has 4 rings (SSSR count). The zero-order valence-corrected chi connectivity index (χ0v) is 18.6. The summed E-state index contributed by atoms with van der Waals surface area (Å²) in [5, 5.41) is 10.5. The molecule has 3 atom stereocenters. The van der Waals surface area contributed by atoms with Crippen molar-refractivity contribution in [3.05, 3.63) is 42.0 Å². The lowest BCUT2D eigenvalue weighted by Crippen LogP contribution is -2.57. The molecule has 1 N–H and O–H groups in total. The summed E-state index contributed by atoms with van der Waals surface area (Å²) in [4.78, 5) is 7.36. The van der Waals surface area contributed by atoms with Gasteiger partial charge in [0.05, 0.1) is 30.0 Å². The average molecular weight is 411 g/mol. The Morgan fingerprint density at radius 2 is 1.97 bits per heavy atom. The number of piperidine rings is 1. The Labute approximate surface area is 180 Å². The highest BCUT2D eigenvalue weighted by Gasteiger charge is 2.41. The summed E-state index contributed by atoms with van der Waals surface area (Å²) < 4.78 is 12.4. The Balaban J connectivity index is 1.58. The predicted octanol–water partition coefficient (Wildman–Crippen LogP) is 4.95. The van der Waals surface area contributed by atoms with Gasteiger partial charge in [-0.05, 0) is 70.7 Å². The Kier molecular flexibility index (Phi) is 6.03. The van der Waals surface area contributed by atoms with Crippen LogP contribution in [-0.4, -0.2) is 47.6 Å². The highest BCUT2D eigenvalue weighted by atomic mass is 16.5. The van der Waals surface area contributed by atoms with Gasteiger partial charge in [-0.15, -0.1) is 0 Å². The largest absolute Gasteiger partial charge is 0.507 e. The molecule has 1 aromatic heterocycles. The van der Waals surface area contributed by atoms with Gasteiger partial charge in [0.25, 0.3) is 0 Å². The first kappa shape index (κ1) is 21.1. The van der Waals surface area contributed by atoms with E-state index >= 15 is 0 Å². The minimum Gasteiger partial charge on any atom is -0.507 e. The van der Waals surface area contributed by atoms with Gasteiger partial charge in [0.2, 0.25) is 0 Å². The number of rotatable bonds is 4. The number of phenolic OH excluding ortho intramolecular Hbond substituents is 1. The molecule has 2 fully saturated rings. The maximum absolute atomic E-state index is 10.5. The van der Waals surface area contributed by atoms with Gasteiger partial charge in [-0.3, -0.25) is 0 Å². The van der Waals surface area contributed by atoms with Crippen molar-refractivity contribution in [2.45, 2.75) is 64.7 Å². The van der Waals surface area contributed by atoms with E-state index in [-0.39, 0.29) is 11.7 Å². The third-order valence-corrected chi connectivity index (χ3v) is 6.21. The number of nitrogens with zero attached hydrogens (tertiary/aromatic N) is 2. The number of fused-ring (bicyclic) bond motifs is 1. The topological polar surface area (TPSA) is 54.8 Å². The molecule has 3 heterocycles. The lowest BCUT2D eigenvalue weighted by molar-refractivity contribution is -0.0971. The molecule has 0 aliphatic carbocycles. The Morgan fingerprint density at radius 3 is 2.77 bits per heavy atom. The minimum absolute atomic E-state index is 0.132. The molecule has 0 saturated carbocycles. The summed E-state index contributed by atoms with van der Waals surface area (Å²) in [6, 6.07) is 12.2. The van der Waals surface area contributed by atoms with Gasteiger partial charge >= 0.3 is 0 Å². The Bertz CT molecular complexity index is 877. The van der Waals surface area contributed by atoms with Crippen LogP contribution in [0.3, 0.4) is 0 Å². The van der Waals surface area contributed by atoms with Crippen LogP contribution in [0.15, 0.2) is 36.4 Å². The molecule has 5 heteroatoms. The number of hydrogen-bond acceptors (Lipinski definition) is 5. The number of para-hydroxylation sites is 1. The van der Waals surface area contributed by atoms with Crippen LogP contribution in [0.4, 0.5) is 5.82 Å². The first-order valence-corrected chi connectivity index (χ1v) is 11.1. The van der Waals surface area contributed by atoms with Gasteiger partial charge in [0.15, 0.2) is 0 Å². The minimum atomic E-state index is -0.132. The van der Waals surface area contributed by atoms with E-state index in [9.17, 15) is 5.11 Å². The van der Waals surface area contributed by atoms with E-state index < -0.39 is 0 Å². The predicted molar refractivity (Wildman–Crippen MR) is 120 cm³/mol. The van der Waals surface area contributed by atoms with Crippen LogP contribution in [-0.2, 0) is 9.47 Å². The number of ether oxygens (including phenoxy) is 2. The summed E-state index contributed by atoms with van der Waals surface area (Å²) in [7, 11) is 0. The van der Waals surface area contributed by atoms with Crippen LogP contribution in [0, 0.1) is 12.8 Å². The van der Waals surface area contributed by atoms with Crippen LogP contribution in [0.25, 0.3) is 11.3 Å². The van der Waals surface area contributed by atoms with E-state index in [0.29, 0.717) is 17.7 Å². The summed E-state index contributed by atoms with van der Waals surface area (Å²) >= 11 is 0. The van der Waals surface area contributed by atoms with Gasteiger partial charge in [-0.1, -0.05) is 18.2 Å². The zero-order chi connectivity index (χ0) is 21.3.